The van der Waals surface area contributed by atoms with E-state index in [2.05, 4.69) is 73.2 Å². The van der Waals surface area contributed by atoms with Gasteiger partial charge in [0.25, 0.3) is 11.8 Å². The number of piperazine rings is 1. The molecule has 1 aromatic carbocycles. The third-order valence-electron chi connectivity index (χ3n) is 9.28. The van der Waals surface area contributed by atoms with Gasteiger partial charge in [0.1, 0.15) is 5.52 Å². The fourth-order valence-electron chi connectivity index (χ4n) is 6.43. The number of nitrogens with two attached hydrogens (primary N) is 1. The predicted octanol–water partition coefficient (Wildman–Crippen LogP) is 3.37. The average molecular weight is 690 g/mol. The zero-order chi connectivity index (χ0) is 35.5. The summed E-state index contributed by atoms with van der Waals surface area (Å²) >= 11 is 0. The second kappa shape index (κ2) is 17.9. The predicted molar refractivity (Wildman–Crippen MR) is 191 cm³/mol. The van der Waals surface area contributed by atoms with Gasteiger partial charge in [0.2, 0.25) is 11.9 Å². The summed E-state index contributed by atoms with van der Waals surface area (Å²) in [4.78, 5) is 65.9. The standard InChI is InChI=1S/C36H51N9O5/c1-3-4-5-15-39-35-34-29(40-36(37)41-35)14-18-44(34)25-28-11-10-27(23-26(28)2)24-43-21-19-42(20-22-43)17-7-16-38-30(46)8-6-9-33(49)50-45-31(47)12-13-32(45)48/h10-11,14,18,23H,3-9,12-13,15-17,19-22,24-25H2,1-2H3,(H,38,46)(H3,37,39,40,41). The van der Waals surface area contributed by atoms with Crippen molar-refractivity contribution in [3.63, 3.8) is 0 Å². The van der Waals surface area contributed by atoms with Gasteiger partial charge in [0.05, 0.1) is 5.52 Å². The number of aryl methyl sites for hydroxylation is 1. The number of anilines is 2. The average Bonchev–Trinajstić information content (AvgIpc) is 3.64. The Morgan fingerprint density at radius 2 is 1.66 bits per heavy atom. The van der Waals surface area contributed by atoms with Crippen molar-refractivity contribution >= 4 is 46.5 Å². The Kier molecular flexibility index (Phi) is 13.1. The van der Waals surface area contributed by atoms with Crippen LogP contribution in [0.3, 0.4) is 0 Å². The number of amides is 3. The summed E-state index contributed by atoms with van der Waals surface area (Å²) in [6, 6.07) is 8.77. The van der Waals surface area contributed by atoms with Gasteiger partial charge in [-0.1, -0.05) is 38.0 Å². The highest BCUT2D eigenvalue weighted by atomic mass is 16.7. The van der Waals surface area contributed by atoms with Gasteiger partial charge in [0.15, 0.2) is 5.82 Å². The number of benzene rings is 1. The van der Waals surface area contributed by atoms with E-state index in [0.717, 1.165) is 82.1 Å². The molecule has 14 nitrogen and oxygen atoms in total. The molecular weight excluding hydrogens is 638 g/mol. The smallest absolute Gasteiger partial charge is 0.333 e. The SMILES string of the molecule is CCCCCNc1nc(N)nc2ccn(Cc3ccc(CN4CCN(CCCNC(=O)CCCC(=O)ON5C(=O)CCC5=O)CC4)cc3C)c12. The monoisotopic (exact) mass is 689 g/mol. The number of nitrogen functional groups attached to an aromatic ring is 1. The van der Waals surface area contributed by atoms with Gasteiger partial charge >= 0.3 is 5.97 Å². The van der Waals surface area contributed by atoms with E-state index in [-0.39, 0.29) is 37.5 Å². The molecule has 2 aliphatic rings. The van der Waals surface area contributed by atoms with Gasteiger partial charge in [-0.05, 0) is 55.5 Å². The molecule has 2 aliphatic heterocycles. The number of nitrogens with zero attached hydrogens (tertiary/aromatic N) is 6. The first-order valence-corrected chi connectivity index (χ1v) is 17.9. The van der Waals surface area contributed by atoms with E-state index in [9.17, 15) is 19.2 Å². The minimum absolute atomic E-state index is 0.0340. The summed E-state index contributed by atoms with van der Waals surface area (Å²) in [7, 11) is 0. The van der Waals surface area contributed by atoms with E-state index < -0.39 is 17.8 Å². The molecular formula is C36H51N9O5. The third kappa shape index (κ3) is 10.2. The number of fused-ring (bicyclic) bond motifs is 1. The second-order valence-electron chi connectivity index (χ2n) is 13.2. The molecule has 50 heavy (non-hydrogen) atoms. The number of unbranched alkanes of at least 4 members (excludes halogenated alkanes) is 2. The Bertz CT molecular complexity index is 1630. The van der Waals surface area contributed by atoms with Crippen LogP contribution in [0.1, 0.15) is 81.4 Å². The molecule has 0 unspecified atom stereocenters. The lowest BCUT2D eigenvalue weighted by molar-refractivity contribution is -0.197. The van der Waals surface area contributed by atoms with Crippen LogP contribution in [-0.2, 0) is 37.1 Å². The summed E-state index contributed by atoms with van der Waals surface area (Å²) in [5.74, 6) is -0.758. The molecule has 2 saturated heterocycles. The van der Waals surface area contributed by atoms with Crippen molar-refractivity contribution in [3.05, 3.63) is 47.2 Å². The fourth-order valence-corrected chi connectivity index (χ4v) is 6.43. The number of imide groups is 1. The van der Waals surface area contributed by atoms with Gasteiger partial charge in [-0.25, -0.2) is 9.78 Å². The van der Waals surface area contributed by atoms with Crippen LogP contribution in [0.4, 0.5) is 11.8 Å². The molecule has 0 aliphatic carbocycles. The quantitative estimate of drug-likeness (QED) is 0.132. The van der Waals surface area contributed by atoms with Crippen LogP contribution in [0.5, 0.6) is 0 Å². The summed E-state index contributed by atoms with van der Waals surface area (Å²) in [6.07, 6.45) is 6.88. The van der Waals surface area contributed by atoms with Crippen molar-refractivity contribution in [1.29, 1.82) is 0 Å². The Morgan fingerprint density at radius 3 is 2.40 bits per heavy atom. The topological polar surface area (TPSA) is 168 Å². The number of hydroxylamine groups is 2. The Morgan fingerprint density at radius 1 is 0.900 bits per heavy atom. The molecule has 5 rings (SSSR count). The van der Waals surface area contributed by atoms with Crippen molar-refractivity contribution in [2.45, 2.75) is 84.7 Å². The highest BCUT2D eigenvalue weighted by Gasteiger charge is 2.32. The molecule has 0 bridgehead atoms. The molecule has 14 heteroatoms. The zero-order valence-corrected chi connectivity index (χ0v) is 29.4. The molecule has 4 N–H and O–H groups in total. The van der Waals surface area contributed by atoms with E-state index in [1.165, 1.54) is 29.5 Å². The van der Waals surface area contributed by atoms with Crippen molar-refractivity contribution in [1.82, 2.24) is 34.7 Å². The van der Waals surface area contributed by atoms with Crippen molar-refractivity contribution < 1.29 is 24.0 Å². The summed E-state index contributed by atoms with van der Waals surface area (Å²) in [5, 5.41) is 6.92. The first-order chi connectivity index (χ1) is 24.2. The lowest BCUT2D eigenvalue weighted by Gasteiger charge is -2.34. The molecule has 0 atom stereocenters. The molecule has 270 valence electrons. The number of carbonyl (C=O) groups is 4. The van der Waals surface area contributed by atoms with Crippen LogP contribution in [0, 0.1) is 6.92 Å². The molecule has 2 aromatic heterocycles. The lowest BCUT2D eigenvalue weighted by atomic mass is 10.0. The second-order valence-corrected chi connectivity index (χ2v) is 13.2. The van der Waals surface area contributed by atoms with Crippen LogP contribution in [0.2, 0.25) is 0 Å². The molecule has 4 heterocycles. The minimum atomic E-state index is -0.684. The largest absolute Gasteiger partial charge is 0.368 e. The van der Waals surface area contributed by atoms with Crippen molar-refractivity contribution in [2.24, 2.45) is 0 Å². The Balaban J connectivity index is 0.989. The summed E-state index contributed by atoms with van der Waals surface area (Å²) < 4.78 is 2.20. The van der Waals surface area contributed by atoms with Gasteiger partial charge in [-0.3, -0.25) is 19.3 Å². The Hall–Kier alpha value is -4.56. The Labute approximate surface area is 293 Å². The molecule has 0 spiro atoms. The van der Waals surface area contributed by atoms with Crippen molar-refractivity contribution in [2.75, 3.05) is 56.9 Å². The lowest BCUT2D eigenvalue weighted by Crippen LogP contribution is -2.46. The summed E-state index contributed by atoms with van der Waals surface area (Å²) in [6.45, 7) is 12.3. The maximum Gasteiger partial charge on any atom is 0.333 e. The van der Waals surface area contributed by atoms with Gasteiger partial charge in [-0.15, -0.1) is 5.06 Å². The van der Waals surface area contributed by atoms with E-state index in [0.29, 0.717) is 18.0 Å². The zero-order valence-electron chi connectivity index (χ0n) is 29.4. The van der Waals surface area contributed by atoms with E-state index >= 15 is 0 Å². The van der Waals surface area contributed by atoms with Gasteiger partial charge in [0, 0.05) is 84.2 Å². The van der Waals surface area contributed by atoms with Gasteiger partial charge < -0.3 is 30.7 Å². The number of aromatic nitrogens is 3. The van der Waals surface area contributed by atoms with E-state index in [4.69, 9.17) is 10.6 Å². The molecule has 3 aromatic rings. The van der Waals surface area contributed by atoms with Crippen LogP contribution in [-0.4, -0.2) is 98.9 Å². The normalized spacial score (nSPS) is 15.6. The molecule has 0 saturated carbocycles. The maximum atomic E-state index is 12.2. The number of hydrogen-bond acceptors (Lipinski definition) is 11. The maximum absolute atomic E-state index is 12.2. The van der Waals surface area contributed by atoms with E-state index in [1.54, 1.807) is 0 Å². The highest BCUT2D eigenvalue weighted by molar-refractivity contribution is 6.01. The first kappa shape index (κ1) is 36.7. The molecule has 2 fully saturated rings. The third-order valence-corrected chi connectivity index (χ3v) is 9.28. The molecule has 0 radical (unpaired) electrons. The minimum Gasteiger partial charge on any atom is -0.368 e. The van der Waals surface area contributed by atoms with Crippen LogP contribution < -0.4 is 16.4 Å². The number of nitrogens with one attached hydrogen (secondary N) is 2. The number of hydrogen-bond donors (Lipinski definition) is 3. The number of carbonyl (C=O) groups excluding carboxylic acids is 4. The van der Waals surface area contributed by atoms with Crippen LogP contribution in [0.15, 0.2) is 30.5 Å². The highest BCUT2D eigenvalue weighted by Crippen LogP contribution is 2.25. The van der Waals surface area contributed by atoms with Crippen LogP contribution in [0.25, 0.3) is 11.0 Å². The molecule has 3 amide bonds. The van der Waals surface area contributed by atoms with Crippen molar-refractivity contribution in [3.8, 4) is 0 Å². The van der Waals surface area contributed by atoms with Crippen LogP contribution >= 0.6 is 0 Å². The number of rotatable bonds is 18. The first-order valence-electron chi connectivity index (χ1n) is 17.9. The fraction of sp³-hybridized carbons (Fsp3) is 0.556. The summed E-state index contributed by atoms with van der Waals surface area (Å²) in [5.41, 5.74) is 11.7. The van der Waals surface area contributed by atoms with E-state index in [1.807, 2.05) is 6.07 Å². The van der Waals surface area contributed by atoms with Gasteiger partial charge in [-0.2, -0.15) is 4.98 Å².